The average molecular weight is 375 g/mol. The lowest BCUT2D eigenvalue weighted by Gasteiger charge is -2.07. The van der Waals surface area contributed by atoms with Gasteiger partial charge in [0, 0.05) is 10.4 Å². The summed E-state index contributed by atoms with van der Waals surface area (Å²) in [6.07, 6.45) is 1.43. The first kappa shape index (κ1) is 17.5. The summed E-state index contributed by atoms with van der Waals surface area (Å²) < 4.78 is 32.6. The number of aryl methyl sites for hydroxylation is 1. The molecular formula is C17H17N3O3S2. The Labute approximate surface area is 150 Å². The number of sulfonamides is 1. The molecule has 0 aliphatic rings. The van der Waals surface area contributed by atoms with Crippen molar-refractivity contribution in [3.05, 3.63) is 59.4 Å². The first-order valence-corrected chi connectivity index (χ1v) is 9.79. The zero-order valence-corrected chi connectivity index (χ0v) is 15.4. The van der Waals surface area contributed by atoms with Gasteiger partial charge in [-0.15, -0.1) is 11.3 Å². The van der Waals surface area contributed by atoms with Crippen molar-refractivity contribution in [2.45, 2.75) is 17.7 Å². The third-order valence-electron chi connectivity index (χ3n) is 3.53. The molecule has 1 aromatic carbocycles. The maximum atomic E-state index is 12.3. The number of hydrogen-bond donors (Lipinski definition) is 1. The molecule has 0 radical (unpaired) electrons. The van der Waals surface area contributed by atoms with Crippen LogP contribution in [-0.4, -0.2) is 25.5 Å². The van der Waals surface area contributed by atoms with Crippen LogP contribution in [-0.2, 0) is 16.6 Å². The minimum atomic E-state index is -3.53. The standard InChI is InChI=1S/C17H17N3O3S2/c1-12-3-8-17(24-12)25(21,22)20-10-14-9-16(19-11-18-14)13-4-6-15(23-2)7-5-13/h3-9,11,20H,10H2,1-2H3. The third-order valence-corrected chi connectivity index (χ3v) is 6.43. The molecule has 0 saturated heterocycles. The van der Waals surface area contributed by atoms with E-state index in [0.717, 1.165) is 21.9 Å². The van der Waals surface area contributed by atoms with E-state index < -0.39 is 10.0 Å². The number of benzene rings is 1. The molecule has 0 saturated carbocycles. The van der Waals surface area contributed by atoms with E-state index in [2.05, 4.69) is 14.7 Å². The fourth-order valence-electron chi connectivity index (χ4n) is 2.21. The van der Waals surface area contributed by atoms with Gasteiger partial charge in [0.05, 0.1) is 25.0 Å². The fourth-order valence-corrected chi connectivity index (χ4v) is 4.54. The molecule has 0 amide bonds. The average Bonchev–Trinajstić information content (AvgIpc) is 3.08. The Morgan fingerprint density at radius 3 is 2.52 bits per heavy atom. The Balaban J connectivity index is 1.75. The minimum absolute atomic E-state index is 0.102. The van der Waals surface area contributed by atoms with Gasteiger partial charge in [-0.25, -0.2) is 23.1 Å². The summed E-state index contributed by atoms with van der Waals surface area (Å²) in [5.74, 6) is 0.761. The van der Waals surface area contributed by atoms with Gasteiger partial charge in [0.25, 0.3) is 0 Å². The highest BCUT2D eigenvalue weighted by Crippen LogP contribution is 2.22. The summed E-state index contributed by atoms with van der Waals surface area (Å²) in [5.41, 5.74) is 2.22. The summed E-state index contributed by atoms with van der Waals surface area (Å²) in [6.45, 7) is 1.97. The molecule has 0 spiro atoms. The molecule has 6 nitrogen and oxygen atoms in total. The molecule has 0 aliphatic heterocycles. The highest BCUT2D eigenvalue weighted by molar-refractivity contribution is 7.91. The van der Waals surface area contributed by atoms with Crippen LogP contribution in [0.1, 0.15) is 10.6 Å². The van der Waals surface area contributed by atoms with Gasteiger partial charge in [-0.3, -0.25) is 0 Å². The van der Waals surface area contributed by atoms with E-state index in [-0.39, 0.29) is 6.54 Å². The van der Waals surface area contributed by atoms with Crippen molar-refractivity contribution >= 4 is 21.4 Å². The Kier molecular flexibility index (Phi) is 5.12. The van der Waals surface area contributed by atoms with Gasteiger partial charge in [0.15, 0.2) is 0 Å². The number of rotatable bonds is 6. The van der Waals surface area contributed by atoms with Crippen LogP contribution in [0.3, 0.4) is 0 Å². The Morgan fingerprint density at radius 1 is 1.12 bits per heavy atom. The molecule has 0 bridgehead atoms. The lowest BCUT2D eigenvalue weighted by Crippen LogP contribution is -2.23. The summed E-state index contributed by atoms with van der Waals surface area (Å²) in [7, 11) is -1.92. The largest absolute Gasteiger partial charge is 0.497 e. The number of methoxy groups -OCH3 is 1. The fraction of sp³-hybridized carbons (Fsp3) is 0.176. The summed E-state index contributed by atoms with van der Waals surface area (Å²) in [5, 5.41) is 0. The highest BCUT2D eigenvalue weighted by Gasteiger charge is 2.16. The quantitative estimate of drug-likeness (QED) is 0.716. The number of ether oxygens (including phenoxy) is 1. The maximum Gasteiger partial charge on any atom is 0.250 e. The first-order valence-electron chi connectivity index (χ1n) is 7.49. The molecule has 3 rings (SSSR count). The van der Waals surface area contributed by atoms with E-state index >= 15 is 0 Å². The predicted octanol–water partition coefficient (Wildman–Crippen LogP) is 3.00. The summed E-state index contributed by atoms with van der Waals surface area (Å²) >= 11 is 1.24. The van der Waals surface area contributed by atoms with Gasteiger partial charge in [0.1, 0.15) is 16.3 Å². The molecular weight excluding hydrogens is 358 g/mol. The van der Waals surface area contributed by atoms with Gasteiger partial charge in [-0.05, 0) is 49.4 Å². The van der Waals surface area contributed by atoms with Crippen molar-refractivity contribution in [2.24, 2.45) is 0 Å². The zero-order valence-electron chi connectivity index (χ0n) is 13.8. The molecule has 0 unspecified atom stereocenters. The van der Waals surface area contributed by atoms with Crippen LogP contribution in [0.2, 0.25) is 0 Å². The molecule has 25 heavy (non-hydrogen) atoms. The van der Waals surface area contributed by atoms with Gasteiger partial charge >= 0.3 is 0 Å². The van der Waals surface area contributed by atoms with E-state index in [1.165, 1.54) is 17.7 Å². The topological polar surface area (TPSA) is 81.2 Å². The molecule has 3 aromatic rings. The van der Waals surface area contributed by atoms with Gasteiger partial charge in [-0.1, -0.05) is 0 Å². The second-order valence-corrected chi connectivity index (χ2v) is 8.59. The maximum absolute atomic E-state index is 12.3. The summed E-state index contributed by atoms with van der Waals surface area (Å²) in [4.78, 5) is 9.33. The SMILES string of the molecule is COc1ccc(-c2cc(CNS(=O)(=O)c3ccc(C)s3)ncn2)cc1. The number of nitrogens with zero attached hydrogens (tertiary/aromatic N) is 2. The van der Waals surface area contributed by atoms with E-state index in [9.17, 15) is 8.42 Å². The normalized spacial score (nSPS) is 11.4. The van der Waals surface area contributed by atoms with E-state index in [4.69, 9.17) is 4.74 Å². The first-order chi connectivity index (χ1) is 12.0. The molecule has 130 valence electrons. The van der Waals surface area contributed by atoms with Crippen molar-refractivity contribution in [1.29, 1.82) is 0 Å². The van der Waals surface area contributed by atoms with E-state index in [1.807, 2.05) is 31.2 Å². The van der Waals surface area contributed by atoms with Crippen molar-refractivity contribution in [3.63, 3.8) is 0 Å². The zero-order chi connectivity index (χ0) is 17.9. The van der Waals surface area contributed by atoms with Gasteiger partial charge in [-0.2, -0.15) is 0 Å². The Bertz CT molecular complexity index is 967. The van der Waals surface area contributed by atoms with Crippen molar-refractivity contribution in [1.82, 2.24) is 14.7 Å². The molecule has 2 heterocycles. The second kappa shape index (κ2) is 7.30. The smallest absolute Gasteiger partial charge is 0.250 e. The Morgan fingerprint density at radius 2 is 1.88 bits per heavy atom. The van der Waals surface area contributed by atoms with E-state index in [0.29, 0.717) is 9.90 Å². The van der Waals surface area contributed by atoms with Crippen LogP contribution in [0.25, 0.3) is 11.3 Å². The van der Waals surface area contributed by atoms with Crippen LogP contribution in [0, 0.1) is 6.92 Å². The number of hydrogen-bond acceptors (Lipinski definition) is 6. The van der Waals surface area contributed by atoms with Crippen molar-refractivity contribution < 1.29 is 13.2 Å². The van der Waals surface area contributed by atoms with Gasteiger partial charge in [0.2, 0.25) is 10.0 Å². The third kappa shape index (κ3) is 4.22. The minimum Gasteiger partial charge on any atom is -0.497 e. The molecule has 2 aromatic heterocycles. The number of nitrogens with one attached hydrogen (secondary N) is 1. The lowest BCUT2D eigenvalue weighted by molar-refractivity contribution is 0.415. The number of aromatic nitrogens is 2. The van der Waals surface area contributed by atoms with Crippen LogP contribution in [0.4, 0.5) is 0 Å². The molecule has 8 heteroatoms. The van der Waals surface area contributed by atoms with Crippen LogP contribution >= 0.6 is 11.3 Å². The van der Waals surface area contributed by atoms with Crippen LogP contribution in [0.5, 0.6) is 5.75 Å². The Hall–Kier alpha value is -2.29. The predicted molar refractivity (Wildman–Crippen MR) is 97.1 cm³/mol. The molecule has 1 N–H and O–H groups in total. The highest BCUT2D eigenvalue weighted by atomic mass is 32.2. The van der Waals surface area contributed by atoms with E-state index in [1.54, 1.807) is 25.3 Å². The molecule has 0 aliphatic carbocycles. The number of thiophene rings is 1. The van der Waals surface area contributed by atoms with Crippen LogP contribution in [0.15, 0.2) is 53.0 Å². The monoisotopic (exact) mass is 375 g/mol. The summed E-state index contributed by atoms with van der Waals surface area (Å²) in [6, 6.07) is 12.6. The van der Waals surface area contributed by atoms with Gasteiger partial charge < -0.3 is 4.74 Å². The molecule has 0 atom stereocenters. The lowest BCUT2D eigenvalue weighted by atomic mass is 10.1. The van der Waals surface area contributed by atoms with Crippen LogP contribution < -0.4 is 9.46 Å². The second-order valence-electron chi connectivity index (χ2n) is 5.31. The van der Waals surface area contributed by atoms with Crippen molar-refractivity contribution in [2.75, 3.05) is 7.11 Å². The molecule has 0 fully saturated rings. The van der Waals surface area contributed by atoms with Crippen molar-refractivity contribution in [3.8, 4) is 17.0 Å².